The molecule has 0 saturated carbocycles. The lowest BCUT2D eigenvalue weighted by atomic mass is 9.87. The van der Waals surface area contributed by atoms with E-state index >= 15 is 0 Å². The van der Waals surface area contributed by atoms with Crippen molar-refractivity contribution in [2.24, 2.45) is 5.92 Å². The van der Waals surface area contributed by atoms with Crippen molar-refractivity contribution in [1.29, 1.82) is 0 Å². The maximum absolute atomic E-state index is 6.21. The summed E-state index contributed by atoms with van der Waals surface area (Å²) in [6.07, 6.45) is 3.81. The van der Waals surface area contributed by atoms with Crippen LogP contribution in [0.5, 0.6) is 0 Å². The maximum Gasteiger partial charge on any atom is 0.0453 e. The summed E-state index contributed by atoms with van der Waals surface area (Å²) >= 11 is 6.21. The second-order valence-corrected chi connectivity index (χ2v) is 4.73. The van der Waals surface area contributed by atoms with Gasteiger partial charge in [-0.25, -0.2) is 0 Å². The van der Waals surface area contributed by atoms with Crippen LogP contribution >= 0.6 is 11.6 Å². The molecule has 82 valence electrons. The minimum absolute atomic E-state index is 0.456. The van der Waals surface area contributed by atoms with Gasteiger partial charge in [0, 0.05) is 11.1 Å². The molecule has 1 aliphatic heterocycles. The van der Waals surface area contributed by atoms with E-state index < -0.39 is 0 Å². The zero-order chi connectivity index (χ0) is 10.7. The van der Waals surface area contributed by atoms with Crippen LogP contribution in [0.1, 0.15) is 37.8 Å². The molecule has 0 aromatic heterocycles. The molecule has 0 bridgehead atoms. The van der Waals surface area contributed by atoms with Gasteiger partial charge in [-0.3, -0.25) is 0 Å². The molecule has 0 radical (unpaired) electrons. The summed E-state index contributed by atoms with van der Waals surface area (Å²) in [5, 5.41) is 4.45. The summed E-state index contributed by atoms with van der Waals surface area (Å²) in [5.74, 6) is 0.854. The Morgan fingerprint density at radius 1 is 1.40 bits per heavy atom. The van der Waals surface area contributed by atoms with Gasteiger partial charge in [0.25, 0.3) is 0 Å². The first-order valence-electron chi connectivity index (χ1n) is 5.79. The van der Waals surface area contributed by atoms with Gasteiger partial charge >= 0.3 is 0 Å². The fourth-order valence-corrected chi connectivity index (χ4v) is 2.63. The Bertz CT molecular complexity index is 324. The Kier molecular flexibility index (Phi) is 3.66. The van der Waals surface area contributed by atoms with Crippen molar-refractivity contribution >= 4 is 11.6 Å². The Morgan fingerprint density at radius 3 is 2.93 bits per heavy atom. The van der Waals surface area contributed by atoms with Crippen LogP contribution in [0.25, 0.3) is 0 Å². The van der Waals surface area contributed by atoms with Crippen LogP contribution < -0.4 is 5.32 Å². The first-order chi connectivity index (χ1) is 7.31. The topological polar surface area (TPSA) is 12.0 Å². The summed E-state index contributed by atoms with van der Waals surface area (Å²) in [6, 6.07) is 8.63. The molecular formula is C13H18ClN. The van der Waals surface area contributed by atoms with Gasteiger partial charge in [-0.05, 0) is 36.9 Å². The fraction of sp³-hybridized carbons (Fsp3) is 0.538. The second kappa shape index (κ2) is 5.00. The van der Waals surface area contributed by atoms with Gasteiger partial charge in [0.1, 0.15) is 0 Å². The van der Waals surface area contributed by atoms with Crippen LogP contribution in [-0.4, -0.2) is 6.54 Å². The molecule has 15 heavy (non-hydrogen) atoms. The molecule has 1 nitrogen and oxygen atoms in total. The largest absolute Gasteiger partial charge is 0.310 e. The van der Waals surface area contributed by atoms with E-state index in [1.54, 1.807) is 0 Å². The minimum Gasteiger partial charge on any atom is -0.310 e. The standard InChI is InChI=1S/C13H18ClN/c1-2-10-7-8-15-13(9-10)11-5-3-4-6-12(11)14/h3-6,10,13,15H,2,7-9H2,1H3. The van der Waals surface area contributed by atoms with Crippen molar-refractivity contribution in [1.82, 2.24) is 5.32 Å². The first kappa shape index (κ1) is 11.0. The van der Waals surface area contributed by atoms with Crippen LogP contribution in [-0.2, 0) is 0 Å². The van der Waals surface area contributed by atoms with Crippen molar-refractivity contribution < 1.29 is 0 Å². The lowest BCUT2D eigenvalue weighted by Gasteiger charge is -2.30. The van der Waals surface area contributed by atoms with Crippen molar-refractivity contribution in [3.8, 4) is 0 Å². The maximum atomic E-state index is 6.21. The van der Waals surface area contributed by atoms with Crippen LogP contribution in [0, 0.1) is 5.92 Å². The number of benzene rings is 1. The number of nitrogens with one attached hydrogen (secondary N) is 1. The van der Waals surface area contributed by atoms with Gasteiger partial charge < -0.3 is 5.32 Å². The molecular weight excluding hydrogens is 206 g/mol. The van der Waals surface area contributed by atoms with Crippen molar-refractivity contribution in [3.05, 3.63) is 34.9 Å². The van der Waals surface area contributed by atoms with E-state index in [0.717, 1.165) is 17.5 Å². The molecule has 2 rings (SSSR count). The molecule has 1 fully saturated rings. The van der Waals surface area contributed by atoms with Crippen LogP contribution in [0.15, 0.2) is 24.3 Å². The highest BCUT2D eigenvalue weighted by Crippen LogP contribution is 2.32. The van der Waals surface area contributed by atoms with E-state index in [4.69, 9.17) is 11.6 Å². The van der Waals surface area contributed by atoms with E-state index in [1.807, 2.05) is 12.1 Å². The third-order valence-corrected chi connectivity index (χ3v) is 3.71. The van der Waals surface area contributed by atoms with Gasteiger partial charge in [-0.1, -0.05) is 43.1 Å². The highest BCUT2D eigenvalue weighted by Gasteiger charge is 2.22. The van der Waals surface area contributed by atoms with E-state index in [9.17, 15) is 0 Å². The second-order valence-electron chi connectivity index (χ2n) is 4.33. The van der Waals surface area contributed by atoms with E-state index in [0.29, 0.717) is 6.04 Å². The van der Waals surface area contributed by atoms with Crippen LogP contribution in [0.2, 0.25) is 5.02 Å². The van der Waals surface area contributed by atoms with Gasteiger partial charge in [-0.2, -0.15) is 0 Å². The van der Waals surface area contributed by atoms with Gasteiger partial charge in [0.05, 0.1) is 0 Å². The van der Waals surface area contributed by atoms with E-state index in [2.05, 4.69) is 24.4 Å². The molecule has 1 N–H and O–H groups in total. The Labute approximate surface area is 96.8 Å². The lowest BCUT2D eigenvalue weighted by Crippen LogP contribution is -2.31. The average Bonchev–Trinajstić information content (AvgIpc) is 2.30. The van der Waals surface area contributed by atoms with Crippen molar-refractivity contribution in [2.45, 2.75) is 32.2 Å². The summed E-state index contributed by atoms with van der Waals surface area (Å²) in [6.45, 7) is 3.40. The monoisotopic (exact) mass is 223 g/mol. The molecule has 2 heteroatoms. The number of rotatable bonds is 2. The zero-order valence-electron chi connectivity index (χ0n) is 9.17. The SMILES string of the molecule is CCC1CCNC(c2ccccc2Cl)C1. The number of piperidine rings is 1. The number of hydrogen-bond acceptors (Lipinski definition) is 1. The molecule has 2 unspecified atom stereocenters. The molecule has 1 saturated heterocycles. The number of hydrogen-bond donors (Lipinski definition) is 1. The Balaban J connectivity index is 2.13. The third-order valence-electron chi connectivity index (χ3n) is 3.37. The molecule has 1 aliphatic rings. The summed E-state index contributed by atoms with van der Waals surface area (Å²) in [5.41, 5.74) is 1.26. The lowest BCUT2D eigenvalue weighted by molar-refractivity contribution is 0.299. The first-order valence-corrected chi connectivity index (χ1v) is 6.17. The van der Waals surface area contributed by atoms with Crippen molar-refractivity contribution in [2.75, 3.05) is 6.54 Å². The molecule has 0 spiro atoms. The van der Waals surface area contributed by atoms with Gasteiger partial charge in [-0.15, -0.1) is 0 Å². The molecule has 1 heterocycles. The highest BCUT2D eigenvalue weighted by atomic mass is 35.5. The fourth-order valence-electron chi connectivity index (χ4n) is 2.36. The minimum atomic E-state index is 0.456. The molecule has 2 atom stereocenters. The average molecular weight is 224 g/mol. The predicted octanol–water partition coefficient (Wildman–Crippen LogP) is 3.79. The normalized spacial score (nSPS) is 26.5. The van der Waals surface area contributed by atoms with Crippen LogP contribution in [0.3, 0.4) is 0 Å². The Morgan fingerprint density at radius 2 is 2.20 bits per heavy atom. The molecule has 0 amide bonds. The number of halogens is 1. The van der Waals surface area contributed by atoms with Gasteiger partial charge in [0.2, 0.25) is 0 Å². The summed E-state index contributed by atoms with van der Waals surface area (Å²) in [4.78, 5) is 0. The van der Waals surface area contributed by atoms with Crippen molar-refractivity contribution in [3.63, 3.8) is 0 Å². The van der Waals surface area contributed by atoms with E-state index in [1.165, 1.54) is 24.8 Å². The van der Waals surface area contributed by atoms with E-state index in [-0.39, 0.29) is 0 Å². The smallest absolute Gasteiger partial charge is 0.0453 e. The highest BCUT2D eigenvalue weighted by molar-refractivity contribution is 6.31. The molecule has 0 aliphatic carbocycles. The zero-order valence-corrected chi connectivity index (χ0v) is 9.93. The molecule has 1 aromatic carbocycles. The Hall–Kier alpha value is -0.530. The molecule has 1 aromatic rings. The summed E-state index contributed by atoms with van der Waals surface area (Å²) in [7, 11) is 0. The predicted molar refractivity (Wildman–Crippen MR) is 65.2 cm³/mol. The third kappa shape index (κ3) is 2.53. The van der Waals surface area contributed by atoms with Gasteiger partial charge in [0.15, 0.2) is 0 Å². The van der Waals surface area contributed by atoms with Crippen LogP contribution in [0.4, 0.5) is 0 Å². The summed E-state index contributed by atoms with van der Waals surface area (Å²) < 4.78 is 0. The quantitative estimate of drug-likeness (QED) is 0.805.